The predicted molar refractivity (Wildman–Crippen MR) is 57.8 cm³/mol. The number of pyridine rings is 1. The molecule has 76 valence electrons. The van der Waals surface area contributed by atoms with E-state index in [0.717, 1.165) is 10.0 Å². The van der Waals surface area contributed by atoms with E-state index >= 15 is 0 Å². The van der Waals surface area contributed by atoms with Gasteiger partial charge in [0, 0.05) is 29.3 Å². The summed E-state index contributed by atoms with van der Waals surface area (Å²) in [6.45, 7) is 0. The standard InChI is InChI=1S/C10H13BrN2O/c11-8-1-7(5-13-6-8)2-10(14)3-9(12)4-10/h1,5-6,9,14H,2-4,12H2. The largest absolute Gasteiger partial charge is 0.389 e. The van der Waals surface area contributed by atoms with Gasteiger partial charge >= 0.3 is 0 Å². The first-order chi connectivity index (χ1) is 6.57. The number of halogens is 1. The van der Waals surface area contributed by atoms with Gasteiger partial charge in [-0.1, -0.05) is 0 Å². The van der Waals surface area contributed by atoms with Crippen LogP contribution in [0.15, 0.2) is 22.9 Å². The van der Waals surface area contributed by atoms with E-state index in [4.69, 9.17) is 5.73 Å². The van der Waals surface area contributed by atoms with Crippen LogP contribution >= 0.6 is 15.9 Å². The summed E-state index contributed by atoms with van der Waals surface area (Å²) in [6.07, 6.45) is 5.55. The summed E-state index contributed by atoms with van der Waals surface area (Å²) in [7, 11) is 0. The minimum atomic E-state index is -0.595. The molecule has 0 saturated heterocycles. The van der Waals surface area contributed by atoms with Crippen molar-refractivity contribution < 1.29 is 5.11 Å². The van der Waals surface area contributed by atoms with Crippen LogP contribution in [0.4, 0.5) is 0 Å². The van der Waals surface area contributed by atoms with Crippen LogP contribution in [-0.4, -0.2) is 21.7 Å². The summed E-state index contributed by atoms with van der Waals surface area (Å²) in [6, 6.07) is 2.15. The normalized spacial score (nSPS) is 31.2. The summed E-state index contributed by atoms with van der Waals surface area (Å²) < 4.78 is 0.947. The molecule has 1 aromatic rings. The van der Waals surface area contributed by atoms with Gasteiger partial charge in [-0.2, -0.15) is 0 Å². The van der Waals surface area contributed by atoms with E-state index in [9.17, 15) is 5.11 Å². The van der Waals surface area contributed by atoms with Crippen LogP contribution in [0.1, 0.15) is 18.4 Å². The van der Waals surface area contributed by atoms with Crippen LogP contribution in [0.5, 0.6) is 0 Å². The first-order valence-corrected chi connectivity index (χ1v) is 5.44. The van der Waals surface area contributed by atoms with Crippen molar-refractivity contribution in [2.24, 2.45) is 5.73 Å². The quantitative estimate of drug-likeness (QED) is 0.838. The number of nitrogens with two attached hydrogens (primary N) is 1. The summed E-state index contributed by atoms with van der Waals surface area (Å²) in [5.41, 5.74) is 6.11. The number of nitrogens with zero attached hydrogens (tertiary/aromatic N) is 1. The minimum Gasteiger partial charge on any atom is -0.389 e. The van der Waals surface area contributed by atoms with E-state index in [2.05, 4.69) is 20.9 Å². The average molecular weight is 257 g/mol. The Labute approximate surface area is 91.5 Å². The third-order valence-corrected chi connectivity index (χ3v) is 3.01. The highest BCUT2D eigenvalue weighted by Crippen LogP contribution is 2.34. The zero-order valence-corrected chi connectivity index (χ0v) is 9.37. The van der Waals surface area contributed by atoms with Crippen LogP contribution in [0.25, 0.3) is 0 Å². The molecule has 14 heavy (non-hydrogen) atoms. The molecule has 0 amide bonds. The molecule has 1 heterocycles. The second-order valence-corrected chi connectivity index (χ2v) is 5.00. The number of hydrogen-bond acceptors (Lipinski definition) is 3. The highest BCUT2D eigenvalue weighted by Gasteiger charge is 2.40. The van der Waals surface area contributed by atoms with Crippen molar-refractivity contribution in [1.29, 1.82) is 0 Å². The van der Waals surface area contributed by atoms with Gasteiger partial charge in [0.05, 0.1) is 5.60 Å². The maximum Gasteiger partial charge on any atom is 0.0718 e. The molecule has 0 aromatic carbocycles. The van der Waals surface area contributed by atoms with Crippen LogP contribution in [-0.2, 0) is 6.42 Å². The molecule has 1 saturated carbocycles. The van der Waals surface area contributed by atoms with Crippen LogP contribution in [0.2, 0.25) is 0 Å². The van der Waals surface area contributed by atoms with Gasteiger partial charge in [-0.25, -0.2) is 0 Å². The van der Waals surface area contributed by atoms with Crippen molar-refractivity contribution in [3.63, 3.8) is 0 Å². The van der Waals surface area contributed by atoms with Crippen molar-refractivity contribution >= 4 is 15.9 Å². The van der Waals surface area contributed by atoms with E-state index in [0.29, 0.717) is 19.3 Å². The lowest BCUT2D eigenvalue weighted by atomic mass is 9.73. The molecule has 0 spiro atoms. The zero-order chi connectivity index (χ0) is 10.2. The van der Waals surface area contributed by atoms with Crippen LogP contribution in [0, 0.1) is 0 Å². The molecule has 0 radical (unpaired) electrons. The second kappa shape index (κ2) is 3.61. The van der Waals surface area contributed by atoms with Gasteiger partial charge in [0.15, 0.2) is 0 Å². The molecule has 1 fully saturated rings. The van der Waals surface area contributed by atoms with Crippen molar-refractivity contribution in [3.8, 4) is 0 Å². The summed E-state index contributed by atoms with van der Waals surface area (Å²) in [5.74, 6) is 0. The SMILES string of the molecule is NC1CC(O)(Cc2cncc(Br)c2)C1. The fourth-order valence-electron chi connectivity index (χ4n) is 1.99. The van der Waals surface area contributed by atoms with Gasteiger partial charge < -0.3 is 10.8 Å². The second-order valence-electron chi connectivity index (χ2n) is 4.08. The first kappa shape index (κ1) is 10.1. The Kier molecular flexibility index (Phi) is 2.60. The first-order valence-electron chi connectivity index (χ1n) is 4.65. The maximum atomic E-state index is 10.0. The third kappa shape index (κ3) is 2.13. The Morgan fingerprint density at radius 3 is 2.86 bits per heavy atom. The maximum absolute atomic E-state index is 10.0. The van der Waals surface area contributed by atoms with E-state index < -0.39 is 5.60 Å². The summed E-state index contributed by atoms with van der Waals surface area (Å²) in [5, 5.41) is 10.0. The molecular formula is C10H13BrN2O. The van der Waals surface area contributed by atoms with Gasteiger partial charge in [0.2, 0.25) is 0 Å². The van der Waals surface area contributed by atoms with Crippen molar-refractivity contribution in [1.82, 2.24) is 4.98 Å². The fraction of sp³-hybridized carbons (Fsp3) is 0.500. The fourth-order valence-corrected chi connectivity index (χ4v) is 2.41. The molecule has 0 atom stereocenters. The van der Waals surface area contributed by atoms with Gasteiger partial charge in [-0.3, -0.25) is 4.98 Å². The van der Waals surface area contributed by atoms with Gasteiger partial charge in [0.1, 0.15) is 0 Å². The molecule has 4 heteroatoms. The summed E-state index contributed by atoms with van der Waals surface area (Å²) in [4.78, 5) is 4.06. The van der Waals surface area contributed by atoms with Crippen molar-refractivity contribution in [3.05, 3.63) is 28.5 Å². The van der Waals surface area contributed by atoms with E-state index in [1.807, 2.05) is 6.07 Å². The van der Waals surface area contributed by atoms with Crippen LogP contribution < -0.4 is 5.73 Å². The Morgan fingerprint density at radius 2 is 2.29 bits per heavy atom. The molecule has 0 bridgehead atoms. The van der Waals surface area contributed by atoms with Gasteiger partial charge in [0.25, 0.3) is 0 Å². The van der Waals surface area contributed by atoms with Crippen molar-refractivity contribution in [2.45, 2.75) is 30.9 Å². The Hall–Kier alpha value is -0.450. The molecule has 3 nitrogen and oxygen atoms in total. The Morgan fingerprint density at radius 1 is 1.57 bits per heavy atom. The lowest BCUT2D eigenvalue weighted by Crippen LogP contribution is -2.52. The van der Waals surface area contributed by atoms with Gasteiger partial charge in [-0.15, -0.1) is 0 Å². The molecule has 0 unspecified atom stereocenters. The monoisotopic (exact) mass is 256 g/mol. The highest BCUT2D eigenvalue weighted by atomic mass is 79.9. The zero-order valence-electron chi connectivity index (χ0n) is 7.78. The molecule has 1 aliphatic rings. The highest BCUT2D eigenvalue weighted by molar-refractivity contribution is 9.10. The molecule has 2 rings (SSSR count). The van der Waals surface area contributed by atoms with Crippen molar-refractivity contribution in [2.75, 3.05) is 0 Å². The number of hydrogen-bond donors (Lipinski definition) is 2. The number of aliphatic hydroxyl groups is 1. The Bertz CT molecular complexity index is 337. The Balaban J connectivity index is 2.04. The van der Waals surface area contributed by atoms with Gasteiger partial charge in [-0.05, 0) is 40.4 Å². The van der Waals surface area contributed by atoms with E-state index in [1.165, 1.54) is 0 Å². The molecule has 1 aliphatic carbocycles. The molecule has 0 aliphatic heterocycles. The lowest BCUT2D eigenvalue weighted by molar-refractivity contribution is -0.0455. The lowest BCUT2D eigenvalue weighted by Gasteiger charge is -2.41. The predicted octanol–water partition coefficient (Wildman–Crippen LogP) is 1.24. The average Bonchev–Trinajstić information content (AvgIpc) is 2.00. The van der Waals surface area contributed by atoms with E-state index in [1.54, 1.807) is 12.4 Å². The minimum absolute atomic E-state index is 0.167. The molecule has 1 aromatic heterocycles. The summed E-state index contributed by atoms with van der Waals surface area (Å²) >= 11 is 3.35. The van der Waals surface area contributed by atoms with E-state index in [-0.39, 0.29) is 6.04 Å². The third-order valence-electron chi connectivity index (χ3n) is 2.58. The number of rotatable bonds is 2. The van der Waals surface area contributed by atoms with Crippen LogP contribution in [0.3, 0.4) is 0 Å². The number of aromatic nitrogens is 1. The molecular weight excluding hydrogens is 244 g/mol. The smallest absolute Gasteiger partial charge is 0.0718 e. The molecule has 3 N–H and O–H groups in total. The topological polar surface area (TPSA) is 59.1 Å².